The summed E-state index contributed by atoms with van der Waals surface area (Å²) in [5.74, 6) is 3.70. The van der Waals surface area contributed by atoms with Gasteiger partial charge in [0.15, 0.2) is 5.17 Å². The third-order valence-corrected chi connectivity index (χ3v) is 4.01. The van der Waals surface area contributed by atoms with E-state index < -0.39 is 0 Å². The normalized spacial score (nSPS) is 18.9. The minimum absolute atomic E-state index is 0.568. The Hall–Kier alpha value is 0.170. The average Bonchev–Trinajstić information content (AvgIpc) is 2.20. The van der Waals surface area contributed by atoms with Gasteiger partial charge in [-0.2, -0.15) is 11.8 Å². The lowest BCUT2D eigenvalue weighted by atomic mass is 10.3. The molecule has 0 spiro atoms. The monoisotopic (exact) mass is 232 g/mol. The van der Waals surface area contributed by atoms with Crippen molar-refractivity contribution >= 4 is 28.7 Å². The van der Waals surface area contributed by atoms with Crippen molar-refractivity contribution in [1.29, 1.82) is 0 Å². The summed E-state index contributed by atoms with van der Waals surface area (Å²) >= 11 is 3.87. The van der Waals surface area contributed by atoms with Gasteiger partial charge in [-0.05, 0) is 31.3 Å². The van der Waals surface area contributed by atoms with Gasteiger partial charge in [0.25, 0.3) is 0 Å². The summed E-state index contributed by atoms with van der Waals surface area (Å²) in [6.45, 7) is 5.46. The SMILES string of the molecule is CCSCCC(C)NC1=NCCCS1. The number of thioether (sulfide) groups is 2. The van der Waals surface area contributed by atoms with Crippen molar-refractivity contribution in [3.63, 3.8) is 0 Å². The zero-order valence-corrected chi connectivity index (χ0v) is 10.7. The van der Waals surface area contributed by atoms with Crippen molar-refractivity contribution in [2.75, 3.05) is 23.8 Å². The van der Waals surface area contributed by atoms with E-state index in [1.165, 1.54) is 30.1 Å². The quantitative estimate of drug-likeness (QED) is 0.737. The molecule has 82 valence electrons. The summed E-state index contributed by atoms with van der Waals surface area (Å²) in [6, 6.07) is 0.568. The summed E-state index contributed by atoms with van der Waals surface area (Å²) in [5, 5.41) is 4.63. The lowest BCUT2D eigenvalue weighted by molar-refractivity contribution is 0.649. The topological polar surface area (TPSA) is 24.4 Å². The van der Waals surface area contributed by atoms with Gasteiger partial charge in [-0.1, -0.05) is 18.7 Å². The van der Waals surface area contributed by atoms with Crippen LogP contribution in [-0.2, 0) is 0 Å². The Bertz CT molecular complexity index is 183. The molecular formula is C10H20N2S2. The molecule has 1 unspecified atom stereocenters. The zero-order valence-electron chi connectivity index (χ0n) is 9.08. The molecule has 1 atom stereocenters. The van der Waals surface area contributed by atoms with E-state index in [9.17, 15) is 0 Å². The zero-order chi connectivity index (χ0) is 10.2. The van der Waals surface area contributed by atoms with Crippen molar-refractivity contribution in [1.82, 2.24) is 5.32 Å². The Balaban J connectivity index is 2.12. The fraction of sp³-hybridized carbons (Fsp3) is 0.900. The maximum atomic E-state index is 4.46. The van der Waals surface area contributed by atoms with Gasteiger partial charge in [-0.3, -0.25) is 4.99 Å². The van der Waals surface area contributed by atoms with Crippen molar-refractivity contribution in [3.05, 3.63) is 0 Å². The number of nitrogens with zero attached hydrogens (tertiary/aromatic N) is 1. The first-order valence-electron chi connectivity index (χ1n) is 5.34. The van der Waals surface area contributed by atoms with Crippen molar-refractivity contribution in [2.45, 2.75) is 32.7 Å². The fourth-order valence-corrected chi connectivity index (χ4v) is 2.98. The second kappa shape index (κ2) is 7.46. The van der Waals surface area contributed by atoms with Crippen LogP contribution in [0.5, 0.6) is 0 Å². The number of hydrogen-bond donors (Lipinski definition) is 1. The largest absolute Gasteiger partial charge is 0.362 e. The Kier molecular flexibility index (Phi) is 6.52. The molecule has 0 aromatic rings. The first-order valence-corrected chi connectivity index (χ1v) is 7.48. The molecule has 1 aliphatic heterocycles. The molecule has 0 amide bonds. The van der Waals surface area contributed by atoms with Crippen LogP contribution in [0, 0.1) is 0 Å². The van der Waals surface area contributed by atoms with Gasteiger partial charge in [0.1, 0.15) is 0 Å². The van der Waals surface area contributed by atoms with Crippen LogP contribution in [0.2, 0.25) is 0 Å². The van der Waals surface area contributed by atoms with Gasteiger partial charge in [0.2, 0.25) is 0 Å². The summed E-state index contributed by atoms with van der Waals surface area (Å²) < 4.78 is 0. The van der Waals surface area contributed by atoms with Gasteiger partial charge in [-0.15, -0.1) is 0 Å². The molecule has 0 aromatic carbocycles. The molecule has 1 heterocycles. The molecule has 0 saturated heterocycles. The maximum Gasteiger partial charge on any atom is 0.156 e. The fourth-order valence-electron chi connectivity index (χ4n) is 1.23. The third-order valence-electron chi connectivity index (χ3n) is 2.07. The standard InChI is InChI=1S/C10H20N2S2/c1-3-13-8-5-9(2)12-10-11-6-4-7-14-10/h9H,3-8H2,1-2H3,(H,11,12). The predicted molar refractivity (Wildman–Crippen MR) is 69.6 cm³/mol. The molecule has 0 aromatic heterocycles. The van der Waals surface area contributed by atoms with Crippen LogP contribution in [0.4, 0.5) is 0 Å². The third kappa shape index (κ3) is 5.15. The predicted octanol–water partition coefficient (Wildman–Crippen LogP) is 2.60. The van der Waals surface area contributed by atoms with Crippen LogP contribution in [-0.4, -0.2) is 35.0 Å². The Morgan fingerprint density at radius 1 is 1.64 bits per heavy atom. The van der Waals surface area contributed by atoms with Gasteiger partial charge in [0, 0.05) is 18.3 Å². The minimum Gasteiger partial charge on any atom is -0.362 e. The van der Waals surface area contributed by atoms with Gasteiger partial charge in [0.05, 0.1) is 0 Å². The van der Waals surface area contributed by atoms with E-state index in [0.717, 1.165) is 11.7 Å². The summed E-state index contributed by atoms with van der Waals surface area (Å²) in [6.07, 6.45) is 2.47. The molecule has 1 N–H and O–H groups in total. The molecule has 1 aliphatic rings. The van der Waals surface area contributed by atoms with Crippen LogP contribution >= 0.6 is 23.5 Å². The molecule has 0 saturated carbocycles. The van der Waals surface area contributed by atoms with E-state index in [0.29, 0.717) is 6.04 Å². The minimum atomic E-state index is 0.568. The van der Waals surface area contributed by atoms with Gasteiger partial charge >= 0.3 is 0 Å². The van der Waals surface area contributed by atoms with E-state index >= 15 is 0 Å². The summed E-state index contributed by atoms with van der Waals surface area (Å²) in [7, 11) is 0. The van der Waals surface area contributed by atoms with Crippen LogP contribution in [0.3, 0.4) is 0 Å². The Morgan fingerprint density at radius 2 is 2.50 bits per heavy atom. The number of hydrogen-bond acceptors (Lipinski definition) is 4. The van der Waals surface area contributed by atoms with E-state index in [1.807, 2.05) is 23.5 Å². The van der Waals surface area contributed by atoms with Crippen LogP contribution in [0.25, 0.3) is 0 Å². The van der Waals surface area contributed by atoms with E-state index in [2.05, 4.69) is 24.2 Å². The van der Waals surface area contributed by atoms with E-state index in [-0.39, 0.29) is 0 Å². The highest BCUT2D eigenvalue weighted by Gasteiger charge is 2.08. The molecule has 2 nitrogen and oxygen atoms in total. The Morgan fingerprint density at radius 3 is 3.14 bits per heavy atom. The lowest BCUT2D eigenvalue weighted by Crippen LogP contribution is -2.32. The van der Waals surface area contributed by atoms with Crippen LogP contribution < -0.4 is 5.32 Å². The summed E-state index contributed by atoms with van der Waals surface area (Å²) in [5.41, 5.74) is 0. The second-order valence-electron chi connectivity index (χ2n) is 3.42. The average molecular weight is 232 g/mol. The number of nitrogens with one attached hydrogen (secondary N) is 1. The van der Waals surface area contributed by atoms with Gasteiger partial charge in [-0.25, -0.2) is 0 Å². The maximum absolute atomic E-state index is 4.46. The van der Waals surface area contributed by atoms with Crippen LogP contribution in [0.15, 0.2) is 4.99 Å². The van der Waals surface area contributed by atoms with Crippen LogP contribution in [0.1, 0.15) is 26.7 Å². The number of amidine groups is 1. The highest BCUT2D eigenvalue weighted by Crippen LogP contribution is 2.12. The highest BCUT2D eigenvalue weighted by molar-refractivity contribution is 8.13. The van der Waals surface area contributed by atoms with Crippen molar-refractivity contribution in [3.8, 4) is 0 Å². The number of aliphatic imine (C=N–C) groups is 1. The smallest absolute Gasteiger partial charge is 0.156 e. The molecule has 0 radical (unpaired) electrons. The molecule has 0 aliphatic carbocycles. The van der Waals surface area contributed by atoms with Gasteiger partial charge < -0.3 is 5.32 Å². The van der Waals surface area contributed by atoms with Crippen molar-refractivity contribution < 1.29 is 0 Å². The second-order valence-corrected chi connectivity index (χ2v) is 5.90. The highest BCUT2D eigenvalue weighted by atomic mass is 32.2. The molecule has 0 fully saturated rings. The number of rotatable bonds is 5. The van der Waals surface area contributed by atoms with E-state index in [4.69, 9.17) is 0 Å². The lowest BCUT2D eigenvalue weighted by Gasteiger charge is -2.18. The Labute approximate surface area is 95.7 Å². The molecule has 1 rings (SSSR count). The molecular weight excluding hydrogens is 212 g/mol. The summed E-state index contributed by atoms with van der Waals surface area (Å²) in [4.78, 5) is 4.46. The first kappa shape index (κ1) is 12.2. The molecule has 14 heavy (non-hydrogen) atoms. The van der Waals surface area contributed by atoms with Crippen molar-refractivity contribution in [2.24, 2.45) is 4.99 Å². The molecule has 4 heteroatoms. The van der Waals surface area contributed by atoms with E-state index in [1.54, 1.807) is 0 Å². The molecule has 0 bridgehead atoms. The first-order chi connectivity index (χ1) is 6.83.